The third-order valence-corrected chi connectivity index (χ3v) is 8.44. The van der Waals surface area contributed by atoms with Crippen LogP contribution in [0.25, 0.3) is 0 Å². The maximum absolute atomic E-state index is 13.6. The fourth-order valence-corrected chi connectivity index (χ4v) is 6.51. The first kappa shape index (κ1) is 25.9. The molecule has 1 heterocycles. The number of Topliss-reactive ketones (excluding diaryl/α,β-unsaturated/α-hetero) is 2. The quantitative estimate of drug-likeness (QED) is 0.196. The molecular formula is C23H34O10. The maximum atomic E-state index is 13.6. The topological polar surface area (TPSA) is 171 Å². The maximum Gasteiger partial charge on any atom is 0.337 e. The predicted molar refractivity (Wildman–Crippen MR) is 113 cm³/mol. The van der Waals surface area contributed by atoms with E-state index in [0.29, 0.717) is 6.42 Å². The highest BCUT2D eigenvalue weighted by atomic mass is 16.6. The average molecular weight is 471 g/mol. The molecule has 3 fully saturated rings. The van der Waals surface area contributed by atoms with Gasteiger partial charge in [0.25, 0.3) is 0 Å². The molecule has 33 heavy (non-hydrogen) atoms. The highest BCUT2D eigenvalue weighted by Crippen LogP contribution is 2.66. The Bertz CT molecular complexity index is 884. The molecule has 9 atom stereocenters. The lowest BCUT2D eigenvalue weighted by molar-refractivity contribution is -0.363. The molecule has 2 saturated carbocycles. The number of ketones is 2. The molecule has 0 spiro atoms. The van der Waals surface area contributed by atoms with Crippen LogP contribution in [0, 0.1) is 16.7 Å². The van der Waals surface area contributed by atoms with Crippen LogP contribution in [-0.4, -0.2) is 90.9 Å². The van der Waals surface area contributed by atoms with Crippen molar-refractivity contribution in [3.8, 4) is 0 Å². The van der Waals surface area contributed by atoms with Gasteiger partial charge in [-0.15, -0.1) is 0 Å². The molecule has 0 aromatic carbocycles. The van der Waals surface area contributed by atoms with Crippen LogP contribution in [0.1, 0.15) is 47.5 Å². The van der Waals surface area contributed by atoms with Gasteiger partial charge < -0.3 is 35.0 Å². The second-order valence-electron chi connectivity index (χ2n) is 10.7. The Hall–Kier alpha value is -1.69. The summed E-state index contributed by atoms with van der Waals surface area (Å²) in [5.41, 5.74) is -9.39. The zero-order chi connectivity index (χ0) is 25.4. The van der Waals surface area contributed by atoms with Gasteiger partial charge in [-0.25, -0.2) is 4.79 Å². The van der Waals surface area contributed by atoms with E-state index in [1.54, 1.807) is 13.8 Å². The van der Waals surface area contributed by atoms with Gasteiger partial charge in [0.15, 0.2) is 17.3 Å². The van der Waals surface area contributed by atoms with Crippen molar-refractivity contribution < 1.29 is 49.4 Å². The largest absolute Gasteiger partial charge is 0.457 e. The number of carbonyl (C=O) groups is 3. The molecule has 0 amide bonds. The summed E-state index contributed by atoms with van der Waals surface area (Å²) in [5.74, 6) is -4.57. The minimum atomic E-state index is -2.68. The van der Waals surface area contributed by atoms with E-state index < -0.39 is 82.1 Å². The number of esters is 1. The van der Waals surface area contributed by atoms with Crippen LogP contribution in [0.3, 0.4) is 0 Å². The van der Waals surface area contributed by atoms with Crippen molar-refractivity contribution in [2.24, 2.45) is 16.7 Å². The summed E-state index contributed by atoms with van der Waals surface area (Å²) in [6.45, 7) is 10.1. The zero-order valence-electron chi connectivity index (χ0n) is 19.6. The van der Waals surface area contributed by atoms with E-state index in [-0.39, 0.29) is 6.42 Å². The fourth-order valence-electron chi connectivity index (χ4n) is 6.51. The summed E-state index contributed by atoms with van der Waals surface area (Å²) in [6, 6.07) is 0. The molecular weight excluding hydrogens is 436 g/mol. The summed E-state index contributed by atoms with van der Waals surface area (Å²) < 4.78 is 11.4. The van der Waals surface area contributed by atoms with E-state index in [4.69, 9.17) is 14.6 Å². The average Bonchev–Trinajstić information content (AvgIpc) is 2.76. The van der Waals surface area contributed by atoms with Gasteiger partial charge in [0.05, 0.1) is 12.7 Å². The lowest BCUT2D eigenvalue weighted by Crippen LogP contribution is -2.88. The molecule has 10 heteroatoms. The van der Waals surface area contributed by atoms with Gasteiger partial charge in [0.2, 0.25) is 11.6 Å². The van der Waals surface area contributed by atoms with Gasteiger partial charge >= 0.3 is 5.97 Å². The summed E-state index contributed by atoms with van der Waals surface area (Å²) in [7, 11) is 0. The third-order valence-electron chi connectivity index (χ3n) is 8.44. The summed E-state index contributed by atoms with van der Waals surface area (Å²) >= 11 is 0. The summed E-state index contributed by atoms with van der Waals surface area (Å²) in [4.78, 5) is 39.1. The van der Waals surface area contributed by atoms with Gasteiger partial charge in [-0.2, -0.15) is 0 Å². The second kappa shape index (κ2) is 7.66. The van der Waals surface area contributed by atoms with Crippen molar-refractivity contribution in [2.75, 3.05) is 6.61 Å². The lowest BCUT2D eigenvalue weighted by Gasteiger charge is -2.70. The Morgan fingerprint density at radius 3 is 2.30 bits per heavy atom. The predicted octanol–water partition coefficient (Wildman–Crippen LogP) is -0.968. The van der Waals surface area contributed by atoms with Crippen LogP contribution in [0.15, 0.2) is 12.7 Å². The van der Waals surface area contributed by atoms with Crippen molar-refractivity contribution in [3.05, 3.63) is 12.7 Å². The smallest absolute Gasteiger partial charge is 0.337 e. The zero-order valence-corrected chi connectivity index (χ0v) is 19.6. The van der Waals surface area contributed by atoms with Crippen LogP contribution in [0.4, 0.5) is 0 Å². The van der Waals surface area contributed by atoms with Crippen molar-refractivity contribution in [1.29, 1.82) is 0 Å². The Kier molecular flexibility index (Phi) is 6.02. The van der Waals surface area contributed by atoms with E-state index >= 15 is 0 Å². The standard InChI is InChI=1S/C23H34O10/c1-7-20(4)16(28)17(29)23(31)21(5)12(26)8-9-19(2,3)14(21)13(15(27)22(23,6)33-20)32-18(30)11(25)10-24/h7,11-15,24-27,31H,1,8-10H2,2-6H3/t11?,12-,13-,14-,15-,20-,21-,22+,23-/m0/s1. The summed E-state index contributed by atoms with van der Waals surface area (Å²) in [6.07, 6.45) is -4.90. The van der Waals surface area contributed by atoms with E-state index in [1.807, 2.05) is 0 Å². The molecule has 5 N–H and O–H groups in total. The van der Waals surface area contributed by atoms with Crippen LogP contribution in [-0.2, 0) is 23.9 Å². The Balaban J connectivity index is 2.31. The number of carbonyl (C=O) groups excluding carboxylic acids is 3. The van der Waals surface area contributed by atoms with Crippen LogP contribution in [0.2, 0.25) is 0 Å². The molecule has 0 aromatic heterocycles. The van der Waals surface area contributed by atoms with Crippen molar-refractivity contribution in [1.82, 2.24) is 0 Å². The monoisotopic (exact) mass is 470 g/mol. The molecule has 0 radical (unpaired) electrons. The van der Waals surface area contributed by atoms with E-state index in [1.165, 1.54) is 20.8 Å². The van der Waals surface area contributed by atoms with Crippen LogP contribution in [0.5, 0.6) is 0 Å². The van der Waals surface area contributed by atoms with Crippen LogP contribution >= 0.6 is 0 Å². The Morgan fingerprint density at radius 2 is 1.79 bits per heavy atom. The first-order valence-corrected chi connectivity index (χ1v) is 11.0. The Morgan fingerprint density at radius 1 is 1.21 bits per heavy atom. The fraction of sp³-hybridized carbons (Fsp3) is 0.783. The first-order chi connectivity index (χ1) is 15.0. The van der Waals surface area contributed by atoms with Gasteiger partial charge in [-0.1, -0.05) is 33.4 Å². The molecule has 2 aliphatic carbocycles. The molecule has 3 rings (SSSR count). The number of hydrogen-bond donors (Lipinski definition) is 5. The van der Waals surface area contributed by atoms with Crippen molar-refractivity contribution >= 4 is 17.5 Å². The molecule has 186 valence electrons. The second-order valence-corrected chi connectivity index (χ2v) is 10.7. The van der Waals surface area contributed by atoms with Gasteiger partial charge in [-0.3, -0.25) is 9.59 Å². The van der Waals surface area contributed by atoms with E-state index in [0.717, 1.165) is 6.08 Å². The van der Waals surface area contributed by atoms with Crippen LogP contribution < -0.4 is 0 Å². The minimum Gasteiger partial charge on any atom is -0.457 e. The Labute approximate surface area is 192 Å². The number of hydrogen-bond acceptors (Lipinski definition) is 10. The van der Waals surface area contributed by atoms with Crippen molar-refractivity contribution in [3.63, 3.8) is 0 Å². The minimum absolute atomic E-state index is 0.161. The highest BCUT2D eigenvalue weighted by molar-refractivity contribution is 6.44. The molecule has 10 nitrogen and oxygen atoms in total. The highest BCUT2D eigenvalue weighted by Gasteiger charge is 2.82. The summed E-state index contributed by atoms with van der Waals surface area (Å²) in [5, 5.41) is 53.7. The molecule has 1 saturated heterocycles. The molecule has 0 aromatic rings. The number of fused-ring (bicyclic) bond motifs is 3. The van der Waals surface area contributed by atoms with Gasteiger partial charge in [-0.05, 0) is 32.1 Å². The number of ether oxygens (including phenoxy) is 2. The number of aliphatic hydroxyl groups excluding tert-OH is 4. The van der Waals surface area contributed by atoms with E-state index in [9.17, 15) is 34.8 Å². The lowest BCUT2D eigenvalue weighted by atomic mass is 9.39. The van der Waals surface area contributed by atoms with Crippen molar-refractivity contribution in [2.45, 2.75) is 88.7 Å². The molecule has 0 bridgehead atoms. The number of rotatable bonds is 4. The van der Waals surface area contributed by atoms with E-state index in [2.05, 4.69) is 6.58 Å². The normalized spacial score (nSPS) is 47.8. The van der Waals surface area contributed by atoms with Gasteiger partial charge in [0.1, 0.15) is 17.8 Å². The first-order valence-electron chi connectivity index (χ1n) is 11.0. The number of aliphatic hydroxyl groups is 5. The molecule has 1 unspecified atom stereocenters. The SMILES string of the molecule is C=C[C@]1(C)O[C@]2(C)[C@@H](O)[C@@H](OC(=O)C(O)CO)[C@H]3C(C)(C)CC[C@H](O)[C@]3(C)[C@@]2(O)C(=O)C1=O. The third kappa shape index (κ3) is 3.05. The molecule has 3 aliphatic rings. The van der Waals surface area contributed by atoms with Gasteiger partial charge in [0, 0.05) is 11.3 Å². The molecule has 1 aliphatic heterocycles.